The molecule has 10 heteroatoms. The Labute approximate surface area is 137 Å². The third-order valence-electron chi connectivity index (χ3n) is 2.86. The lowest BCUT2D eigenvalue weighted by Gasteiger charge is -2.04. The molecule has 0 saturated heterocycles. The second-order valence-electron chi connectivity index (χ2n) is 4.63. The number of hydrogen-bond donors (Lipinski definition) is 3. The minimum atomic E-state index is -4.06. The maximum atomic E-state index is 11.7. The van der Waals surface area contributed by atoms with E-state index in [2.05, 4.69) is 22.4 Å². The lowest BCUT2D eigenvalue weighted by atomic mass is 10.2. The molecule has 0 aliphatic carbocycles. The third-order valence-corrected chi connectivity index (χ3v) is 5.13. The summed E-state index contributed by atoms with van der Waals surface area (Å²) < 4.78 is 24.9. The van der Waals surface area contributed by atoms with Gasteiger partial charge < -0.3 is 10.4 Å². The Balaban J connectivity index is 2.12. The molecule has 3 N–H and O–H groups in total. The van der Waals surface area contributed by atoms with Crippen LogP contribution in [0.4, 0.5) is 9.93 Å². The third kappa shape index (κ3) is 4.63. The molecule has 0 spiro atoms. The number of anilines is 1. The van der Waals surface area contributed by atoms with Crippen molar-refractivity contribution >= 4 is 32.6 Å². The zero-order valence-electron chi connectivity index (χ0n) is 12.3. The van der Waals surface area contributed by atoms with Crippen LogP contribution >= 0.6 is 11.3 Å². The summed E-state index contributed by atoms with van der Waals surface area (Å²) in [5.41, 5.74) is 0.709. The highest BCUT2D eigenvalue weighted by molar-refractivity contribution is 7.90. The summed E-state index contributed by atoms with van der Waals surface area (Å²) in [5.74, 6) is 0. The van der Waals surface area contributed by atoms with Gasteiger partial charge in [-0.05, 0) is 18.6 Å². The summed E-state index contributed by atoms with van der Waals surface area (Å²) in [6.07, 6.45) is 0.498. The predicted molar refractivity (Wildman–Crippen MR) is 87.1 cm³/mol. The SMILES string of the molecule is CCCCNc1nnc(-c2ccc(S(=O)(=O)NC(=O)O)cc2)s1. The van der Waals surface area contributed by atoms with E-state index in [1.807, 2.05) is 0 Å². The first-order chi connectivity index (χ1) is 10.9. The smallest absolute Gasteiger partial charge is 0.418 e. The van der Waals surface area contributed by atoms with Gasteiger partial charge in [-0.1, -0.05) is 36.8 Å². The van der Waals surface area contributed by atoms with Crippen molar-refractivity contribution in [1.29, 1.82) is 0 Å². The fourth-order valence-electron chi connectivity index (χ4n) is 1.73. The van der Waals surface area contributed by atoms with Crippen molar-refractivity contribution in [3.8, 4) is 10.6 Å². The topological polar surface area (TPSA) is 121 Å². The number of rotatable bonds is 7. The first-order valence-corrected chi connectivity index (χ1v) is 9.16. The minimum Gasteiger partial charge on any atom is -0.464 e. The van der Waals surface area contributed by atoms with E-state index in [9.17, 15) is 13.2 Å². The normalized spacial score (nSPS) is 11.2. The molecule has 1 aromatic heterocycles. The molecular weight excluding hydrogens is 340 g/mol. The van der Waals surface area contributed by atoms with Gasteiger partial charge in [0.2, 0.25) is 5.13 Å². The van der Waals surface area contributed by atoms with Crippen molar-refractivity contribution in [2.45, 2.75) is 24.7 Å². The Hall–Kier alpha value is -2.20. The fraction of sp³-hybridized carbons (Fsp3) is 0.308. The van der Waals surface area contributed by atoms with E-state index >= 15 is 0 Å². The van der Waals surface area contributed by atoms with Crippen LogP contribution in [0.2, 0.25) is 0 Å². The lowest BCUT2D eigenvalue weighted by Crippen LogP contribution is -2.28. The second-order valence-corrected chi connectivity index (χ2v) is 7.29. The van der Waals surface area contributed by atoms with Crippen molar-refractivity contribution in [3.05, 3.63) is 24.3 Å². The van der Waals surface area contributed by atoms with Crippen LogP contribution in [0, 0.1) is 0 Å². The summed E-state index contributed by atoms with van der Waals surface area (Å²) in [6.45, 7) is 2.92. The summed E-state index contributed by atoms with van der Waals surface area (Å²) in [5, 5.41) is 21.1. The number of carboxylic acid groups (broad SMARTS) is 1. The quantitative estimate of drug-likeness (QED) is 0.651. The van der Waals surface area contributed by atoms with E-state index in [4.69, 9.17) is 5.11 Å². The highest BCUT2D eigenvalue weighted by Crippen LogP contribution is 2.27. The molecule has 0 radical (unpaired) electrons. The molecule has 23 heavy (non-hydrogen) atoms. The molecule has 0 aliphatic heterocycles. The molecule has 0 fully saturated rings. The average Bonchev–Trinajstić information content (AvgIpc) is 2.95. The highest BCUT2D eigenvalue weighted by atomic mass is 32.2. The van der Waals surface area contributed by atoms with Crippen molar-refractivity contribution in [3.63, 3.8) is 0 Å². The van der Waals surface area contributed by atoms with Crippen molar-refractivity contribution in [2.75, 3.05) is 11.9 Å². The number of sulfonamides is 1. The van der Waals surface area contributed by atoms with Crippen LogP contribution in [0.5, 0.6) is 0 Å². The lowest BCUT2D eigenvalue weighted by molar-refractivity contribution is 0.201. The number of amides is 1. The second kappa shape index (κ2) is 7.38. The van der Waals surface area contributed by atoms with E-state index in [1.54, 1.807) is 12.1 Å². The first-order valence-electron chi connectivity index (χ1n) is 6.86. The Morgan fingerprint density at radius 2 is 1.96 bits per heavy atom. The molecule has 124 valence electrons. The van der Waals surface area contributed by atoms with Gasteiger partial charge in [-0.25, -0.2) is 17.9 Å². The van der Waals surface area contributed by atoms with E-state index < -0.39 is 16.1 Å². The van der Waals surface area contributed by atoms with Crippen LogP contribution in [-0.2, 0) is 10.0 Å². The average molecular weight is 356 g/mol. The number of hydrogen-bond acceptors (Lipinski definition) is 7. The molecule has 2 aromatic rings. The molecule has 1 amide bonds. The molecule has 8 nitrogen and oxygen atoms in total. The Morgan fingerprint density at radius 3 is 2.57 bits per heavy atom. The molecule has 0 unspecified atom stereocenters. The van der Waals surface area contributed by atoms with Crippen LogP contribution in [-0.4, -0.2) is 36.4 Å². The molecule has 1 heterocycles. The maximum absolute atomic E-state index is 11.7. The zero-order chi connectivity index (χ0) is 16.9. The molecule has 1 aromatic carbocycles. The number of carbonyl (C=O) groups is 1. The Bertz CT molecular complexity index is 772. The molecule has 2 rings (SSSR count). The summed E-state index contributed by atoms with van der Waals surface area (Å²) in [7, 11) is -4.06. The molecular formula is C13H16N4O4S2. The van der Waals surface area contributed by atoms with E-state index in [1.165, 1.54) is 28.2 Å². The van der Waals surface area contributed by atoms with Gasteiger partial charge in [-0.3, -0.25) is 0 Å². The van der Waals surface area contributed by atoms with Crippen LogP contribution < -0.4 is 10.0 Å². The van der Waals surface area contributed by atoms with Crippen LogP contribution in [0.15, 0.2) is 29.2 Å². The number of aromatic nitrogens is 2. The van der Waals surface area contributed by atoms with Crippen molar-refractivity contribution in [1.82, 2.24) is 14.9 Å². The predicted octanol–water partition coefficient (Wildman–Crippen LogP) is 2.37. The standard InChI is InChI=1S/C13H16N4O4S2/c1-2-3-8-14-12-16-15-11(22-12)9-4-6-10(7-5-9)23(20,21)17-13(18)19/h4-7,17H,2-3,8H2,1H3,(H,14,16)(H,18,19). The minimum absolute atomic E-state index is 0.130. The van der Waals surface area contributed by atoms with Crippen LogP contribution in [0.3, 0.4) is 0 Å². The van der Waals surface area contributed by atoms with Crippen LogP contribution in [0.1, 0.15) is 19.8 Å². The molecule has 0 aliphatic rings. The summed E-state index contributed by atoms with van der Waals surface area (Å²) in [6, 6.07) is 5.78. The van der Waals surface area contributed by atoms with Gasteiger partial charge in [0, 0.05) is 12.1 Å². The first kappa shape index (κ1) is 17.2. The van der Waals surface area contributed by atoms with Crippen LogP contribution in [0.25, 0.3) is 10.6 Å². The summed E-state index contributed by atoms with van der Waals surface area (Å²) in [4.78, 5) is 10.3. The number of nitrogens with zero attached hydrogens (tertiary/aromatic N) is 2. The maximum Gasteiger partial charge on any atom is 0.418 e. The van der Waals surface area contributed by atoms with E-state index in [-0.39, 0.29) is 4.90 Å². The number of benzene rings is 1. The highest BCUT2D eigenvalue weighted by Gasteiger charge is 2.17. The zero-order valence-corrected chi connectivity index (χ0v) is 13.9. The van der Waals surface area contributed by atoms with Gasteiger partial charge in [-0.2, -0.15) is 0 Å². The van der Waals surface area contributed by atoms with Gasteiger partial charge in [-0.15, -0.1) is 10.2 Å². The van der Waals surface area contributed by atoms with Crippen molar-refractivity contribution in [2.24, 2.45) is 0 Å². The molecule has 0 bridgehead atoms. The van der Waals surface area contributed by atoms with Gasteiger partial charge in [0.1, 0.15) is 5.01 Å². The Kier molecular flexibility index (Phi) is 5.50. The number of nitrogens with one attached hydrogen (secondary N) is 2. The fourth-order valence-corrected chi connectivity index (χ4v) is 3.35. The van der Waals surface area contributed by atoms with Gasteiger partial charge in [0.05, 0.1) is 4.90 Å². The van der Waals surface area contributed by atoms with Gasteiger partial charge in [0.25, 0.3) is 10.0 Å². The van der Waals surface area contributed by atoms with E-state index in [0.29, 0.717) is 15.7 Å². The van der Waals surface area contributed by atoms with Gasteiger partial charge >= 0.3 is 6.09 Å². The van der Waals surface area contributed by atoms with Gasteiger partial charge in [0.15, 0.2) is 0 Å². The largest absolute Gasteiger partial charge is 0.464 e. The summed E-state index contributed by atoms with van der Waals surface area (Å²) >= 11 is 1.37. The van der Waals surface area contributed by atoms with Crippen molar-refractivity contribution < 1.29 is 18.3 Å². The molecule has 0 atom stereocenters. The Morgan fingerprint density at radius 1 is 1.26 bits per heavy atom. The molecule has 0 saturated carbocycles. The monoisotopic (exact) mass is 356 g/mol. The van der Waals surface area contributed by atoms with E-state index in [0.717, 1.165) is 19.4 Å². The number of unbranched alkanes of at least 4 members (excludes halogenated alkanes) is 1.